The van der Waals surface area contributed by atoms with E-state index in [2.05, 4.69) is 10.0 Å². The minimum absolute atomic E-state index is 0.0843. The molecule has 2 aromatic heterocycles. The molecule has 0 fully saturated rings. The topological polar surface area (TPSA) is 102 Å². The SMILES string of the molecule is CNS(=O)(=O)c1ccc(C(=O)NC(C)c2ccc(C)o2)o1. The first-order chi connectivity index (χ1) is 9.83. The molecule has 1 unspecified atom stereocenters. The van der Waals surface area contributed by atoms with E-state index in [1.807, 2.05) is 0 Å². The first-order valence-corrected chi connectivity index (χ1v) is 7.72. The maximum absolute atomic E-state index is 12.0. The molecule has 1 atom stereocenters. The highest BCUT2D eigenvalue weighted by Gasteiger charge is 2.21. The Hall–Kier alpha value is -2.06. The molecule has 0 saturated carbocycles. The summed E-state index contributed by atoms with van der Waals surface area (Å²) in [5.74, 6) is 0.745. The van der Waals surface area contributed by atoms with Gasteiger partial charge in [0.15, 0.2) is 5.76 Å². The summed E-state index contributed by atoms with van der Waals surface area (Å²) in [6.07, 6.45) is 0. The van der Waals surface area contributed by atoms with Gasteiger partial charge in [0.05, 0.1) is 6.04 Å². The third-order valence-corrected chi connectivity index (χ3v) is 4.16. The molecule has 8 heteroatoms. The van der Waals surface area contributed by atoms with E-state index in [0.29, 0.717) is 5.76 Å². The van der Waals surface area contributed by atoms with Crippen molar-refractivity contribution in [3.05, 3.63) is 41.5 Å². The van der Waals surface area contributed by atoms with Gasteiger partial charge in [0, 0.05) is 0 Å². The highest BCUT2D eigenvalue weighted by molar-refractivity contribution is 7.89. The lowest BCUT2D eigenvalue weighted by atomic mass is 10.2. The second-order valence-electron chi connectivity index (χ2n) is 4.47. The Kier molecular flexibility index (Phi) is 4.19. The molecular weight excluding hydrogens is 296 g/mol. The lowest BCUT2D eigenvalue weighted by molar-refractivity contribution is 0.0901. The van der Waals surface area contributed by atoms with E-state index in [1.165, 1.54) is 19.2 Å². The van der Waals surface area contributed by atoms with Gasteiger partial charge in [-0.15, -0.1) is 0 Å². The number of rotatable bonds is 5. The number of carbonyl (C=O) groups is 1. The summed E-state index contributed by atoms with van der Waals surface area (Å²) in [4.78, 5) is 12.0. The molecule has 0 aliphatic heterocycles. The number of hydrogen-bond acceptors (Lipinski definition) is 5. The second kappa shape index (κ2) is 5.74. The van der Waals surface area contributed by atoms with Crippen LogP contribution in [0.4, 0.5) is 0 Å². The highest BCUT2D eigenvalue weighted by atomic mass is 32.2. The summed E-state index contributed by atoms with van der Waals surface area (Å²) in [5.41, 5.74) is 0. The van der Waals surface area contributed by atoms with Crippen LogP contribution in [0.2, 0.25) is 0 Å². The zero-order chi connectivity index (χ0) is 15.6. The number of carbonyl (C=O) groups excluding carboxylic acids is 1. The largest absolute Gasteiger partial charge is 0.464 e. The van der Waals surface area contributed by atoms with Crippen molar-refractivity contribution in [3.63, 3.8) is 0 Å². The average molecular weight is 312 g/mol. The van der Waals surface area contributed by atoms with Crippen LogP contribution in [-0.4, -0.2) is 21.4 Å². The van der Waals surface area contributed by atoms with E-state index in [-0.39, 0.29) is 16.9 Å². The van der Waals surface area contributed by atoms with Gasteiger partial charge in [0.25, 0.3) is 15.9 Å². The summed E-state index contributed by atoms with van der Waals surface area (Å²) in [7, 11) is -2.44. The minimum Gasteiger partial charge on any atom is -0.464 e. The van der Waals surface area contributed by atoms with E-state index in [0.717, 1.165) is 5.76 Å². The van der Waals surface area contributed by atoms with Crippen molar-refractivity contribution >= 4 is 15.9 Å². The number of hydrogen-bond donors (Lipinski definition) is 2. The zero-order valence-electron chi connectivity index (χ0n) is 11.8. The average Bonchev–Trinajstić information content (AvgIpc) is 3.07. The van der Waals surface area contributed by atoms with Gasteiger partial charge in [-0.3, -0.25) is 4.79 Å². The number of nitrogens with one attached hydrogen (secondary N) is 2. The third kappa shape index (κ3) is 3.34. The van der Waals surface area contributed by atoms with Gasteiger partial charge in [-0.25, -0.2) is 13.1 Å². The molecule has 114 valence electrons. The second-order valence-corrected chi connectivity index (χ2v) is 6.29. The highest BCUT2D eigenvalue weighted by Crippen LogP contribution is 2.18. The van der Waals surface area contributed by atoms with Gasteiger partial charge < -0.3 is 14.2 Å². The van der Waals surface area contributed by atoms with Crippen LogP contribution in [0.3, 0.4) is 0 Å². The first-order valence-electron chi connectivity index (χ1n) is 6.24. The van der Waals surface area contributed by atoms with Crippen LogP contribution in [0.25, 0.3) is 0 Å². The van der Waals surface area contributed by atoms with Gasteiger partial charge in [0.2, 0.25) is 5.09 Å². The Balaban J connectivity index is 2.11. The van der Waals surface area contributed by atoms with Crippen molar-refractivity contribution in [2.45, 2.75) is 25.0 Å². The molecule has 0 aromatic carbocycles. The molecule has 2 N–H and O–H groups in total. The smallest absolute Gasteiger partial charge is 0.287 e. The first kappa shape index (κ1) is 15.3. The van der Waals surface area contributed by atoms with E-state index in [1.54, 1.807) is 26.0 Å². The summed E-state index contributed by atoms with van der Waals surface area (Å²) in [6.45, 7) is 3.56. The fourth-order valence-corrected chi connectivity index (χ4v) is 2.36. The lowest BCUT2D eigenvalue weighted by Gasteiger charge is -2.09. The van der Waals surface area contributed by atoms with Crippen LogP contribution < -0.4 is 10.0 Å². The predicted octanol–water partition coefficient (Wildman–Crippen LogP) is 1.58. The molecule has 1 amide bonds. The van der Waals surface area contributed by atoms with E-state index in [9.17, 15) is 13.2 Å². The standard InChI is InChI=1S/C13H16N2O5S/c1-8-4-5-10(19-8)9(2)15-13(16)11-6-7-12(20-11)21(17,18)14-3/h4-7,9,14H,1-3H3,(H,15,16). The predicted molar refractivity (Wildman–Crippen MR) is 74.3 cm³/mol. The quantitative estimate of drug-likeness (QED) is 0.872. The molecule has 2 rings (SSSR count). The summed E-state index contributed by atoms with van der Waals surface area (Å²) in [6, 6.07) is 5.73. The van der Waals surface area contributed by atoms with Crippen LogP contribution in [-0.2, 0) is 10.0 Å². The van der Waals surface area contributed by atoms with Crippen molar-refractivity contribution < 1.29 is 22.0 Å². The molecule has 2 heterocycles. The molecule has 2 aromatic rings. The van der Waals surface area contributed by atoms with E-state index >= 15 is 0 Å². The third-order valence-electron chi connectivity index (χ3n) is 2.87. The van der Waals surface area contributed by atoms with Crippen molar-refractivity contribution in [3.8, 4) is 0 Å². The van der Waals surface area contributed by atoms with Gasteiger partial charge in [-0.1, -0.05) is 0 Å². The van der Waals surface area contributed by atoms with E-state index in [4.69, 9.17) is 8.83 Å². The maximum atomic E-state index is 12.0. The van der Waals surface area contributed by atoms with Gasteiger partial charge in [0.1, 0.15) is 11.5 Å². The molecule has 0 spiro atoms. The van der Waals surface area contributed by atoms with Gasteiger partial charge in [-0.05, 0) is 45.2 Å². The number of sulfonamides is 1. The zero-order valence-corrected chi connectivity index (χ0v) is 12.7. The van der Waals surface area contributed by atoms with Gasteiger partial charge >= 0.3 is 0 Å². The molecular formula is C13H16N2O5S. The molecule has 0 saturated heterocycles. The Morgan fingerprint density at radius 1 is 1.19 bits per heavy atom. The molecule has 7 nitrogen and oxygen atoms in total. The fraction of sp³-hybridized carbons (Fsp3) is 0.308. The lowest BCUT2D eigenvalue weighted by Crippen LogP contribution is -2.26. The van der Waals surface area contributed by atoms with Gasteiger partial charge in [-0.2, -0.15) is 0 Å². The molecule has 0 aliphatic rings. The molecule has 0 bridgehead atoms. The normalized spacial score (nSPS) is 13.1. The molecule has 0 radical (unpaired) electrons. The van der Waals surface area contributed by atoms with Crippen molar-refractivity contribution in [2.24, 2.45) is 0 Å². The van der Waals surface area contributed by atoms with Crippen molar-refractivity contribution in [2.75, 3.05) is 7.05 Å². The number of furan rings is 2. The maximum Gasteiger partial charge on any atom is 0.287 e. The summed E-state index contributed by atoms with van der Waals surface area (Å²) < 4.78 is 35.6. The van der Waals surface area contributed by atoms with Crippen LogP contribution in [0.1, 0.15) is 35.0 Å². The van der Waals surface area contributed by atoms with Crippen molar-refractivity contribution in [1.29, 1.82) is 0 Å². The Morgan fingerprint density at radius 2 is 1.90 bits per heavy atom. The Bertz CT molecular complexity index is 744. The summed E-state index contributed by atoms with van der Waals surface area (Å²) in [5, 5.41) is 2.36. The van der Waals surface area contributed by atoms with Crippen LogP contribution in [0, 0.1) is 6.92 Å². The monoisotopic (exact) mass is 312 g/mol. The van der Waals surface area contributed by atoms with Crippen LogP contribution in [0.15, 0.2) is 38.2 Å². The fourth-order valence-electron chi connectivity index (χ4n) is 1.71. The minimum atomic E-state index is -3.70. The summed E-state index contributed by atoms with van der Waals surface area (Å²) >= 11 is 0. The molecule has 0 aliphatic carbocycles. The molecule has 21 heavy (non-hydrogen) atoms. The van der Waals surface area contributed by atoms with Crippen LogP contribution >= 0.6 is 0 Å². The van der Waals surface area contributed by atoms with Crippen LogP contribution in [0.5, 0.6) is 0 Å². The Morgan fingerprint density at radius 3 is 2.48 bits per heavy atom. The number of aryl methyl sites for hydroxylation is 1. The Labute approximate surface area is 122 Å². The van der Waals surface area contributed by atoms with E-state index < -0.39 is 15.9 Å². The van der Waals surface area contributed by atoms with Crippen molar-refractivity contribution in [1.82, 2.24) is 10.0 Å². The number of amides is 1.